The maximum absolute atomic E-state index is 11.9. The van der Waals surface area contributed by atoms with Gasteiger partial charge in [0, 0.05) is 5.92 Å². The monoisotopic (exact) mass is 483 g/mol. The predicted molar refractivity (Wildman–Crippen MR) is 133 cm³/mol. The van der Waals surface area contributed by atoms with Gasteiger partial charge in [-0.05, 0) is 51.4 Å². The van der Waals surface area contributed by atoms with Crippen molar-refractivity contribution < 1.29 is 34.2 Å². The molecule has 7 nitrogen and oxygen atoms in total. The number of hydrogen-bond donors (Lipinski definition) is 2. The predicted octanol–water partition coefficient (Wildman–Crippen LogP) is 4.50. The number of carboxylic acids is 3. The Bertz CT molecular complexity index is 558. The van der Waals surface area contributed by atoms with E-state index < -0.39 is 35.7 Å². The summed E-state index contributed by atoms with van der Waals surface area (Å²) in [5, 5.41) is 31.2. The summed E-state index contributed by atoms with van der Waals surface area (Å²) in [6.07, 6.45) is 14.2. The summed E-state index contributed by atoms with van der Waals surface area (Å²) in [5.41, 5.74) is 0. The number of rotatable bonds is 22. The molecule has 7 heteroatoms. The lowest BCUT2D eigenvalue weighted by Gasteiger charge is -2.44. The Kier molecular flexibility index (Phi) is 17.4. The Balaban J connectivity index is 5.52. The number of quaternary nitrogens is 1. The molecule has 0 heterocycles. The van der Waals surface area contributed by atoms with Gasteiger partial charge in [-0.3, -0.25) is 9.59 Å². The molecule has 2 N–H and O–H groups in total. The number of carbonyl (C=O) groups excluding carboxylic acids is 1. The van der Waals surface area contributed by atoms with Crippen LogP contribution in [0, 0.1) is 17.8 Å². The van der Waals surface area contributed by atoms with Crippen molar-refractivity contribution in [2.45, 2.75) is 98.3 Å². The topological polar surface area (TPSA) is 115 Å². The Morgan fingerprint density at radius 2 is 1.15 bits per heavy atom. The molecular formula is C27H49NO6. The van der Waals surface area contributed by atoms with Crippen LogP contribution >= 0.6 is 0 Å². The van der Waals surface area contributed by atoms with E-state index in [1.165, 1.54) is 25.7 Å². The number of nitrogens with zero attached hydrogens (tertiary/aromatic N) is 1. The maximum atomic E-state index is 11.9. The number of unbranched alkanes of at least 4 members (excludes halogenated alkanes) is 6. The lowest BCUT2D eigenvalue weighted by molar-refractivity contribution is -0.935. The molecule has 0 aliphatic rings. The molecule has 0 rings (SSSR count). The quantitative estimate of drug-likeness (QED) is 0.133. The van der Waals surface area contributed by atoms with Crippen LogP contribution < -0.4 is 5.11 Å². The normalized spacial score (nSPS) is 16.1. The number of hydrogen-bond acceptors (Lipinski definition) is 4. The van der Waals surface area contributed by atoms with Gasteiger partial charge in [-0.1, -0.05) is 59.1 Å². The van der Waals surface area contributed by atoms with Crippen LogP contribution in [-0.4, -0.2) is 58.8 Å². The fourth-order valence-corrected chi connectivity index (χ4v) is 4.67. The summed E-state index contributed by atoms with van der Waals surface area (Å²) >= 11 is 0. The third kappa shape index (κ3) is 13.1. The number of aliphatic carboxylic acids is 3. The molecule has 0 bridgehead atoms. The lowest BCUT2D eigenvalue weighted by atomic mass is 9.95. The van der Waals surface area contributed by atoms with E-state index in [9.17, 15) is 29.7 Å². The third-order valence-electron chi connectivity index (χ3n) is 6.98. The van der Waals surface area contributed by atoms with Crippen LogP contribution in [0.4, 0.5) is 0 Å². The molecule has 198 valence electrons. The second-order valence-corrected chi connectivity index (χ2v) is 9.74. The molecule has 0 saturated carbocycles. The van der Waals surface area contributed by atoms with E-state index in [1.807, 2.05) is 13.8 Å². The zero-order chi connectivity index (χ0) is 26.0. The number of carboxylic acid groups (broad SMARTS) is 3. The van der Waals surface area contributed by atoms with Gasteiger partial charge in [0.2, 0.25) is 0 Å². The van der Waals surface area contributed by atoms with Gasteiger partial charge < -0.3 is 24.6 Å². The summed E-state index contributed by atoms with van der Waals surface area (Å²) in [6, 6.07) is 0. The van der Waals surface area contributed by atoms with E-state index in [0.717, 1.165) is 25.7 Å². The Morgan fingerprint density at radius 1 is 0.706 bits per heavy atom. The molecule has 0 amide bonds. The highest BCUT2D eigenvalue weighted by Crippen LogP contribution is 2.25. The van der Waals surface area contributed by atoms with Gasteiger partial charge in [0.25, 0.3) is 0 Å². The van der Waals surface area contributed by atoms with E-state index in [-0.39, 0.29) is 24.1 Å². The summed E-state index contributed by atoms with van der Waals surface area (Å²) in [5.74, 6) is -5.01. The summed E-state index contributed by atoms with van der Waals surface area (Å²) < 4.78 is 0.197. The Labute approximate surface area is 206 Å². The van der Waals surface area contributed by atoms with Gasteiger partial charge in [0.1, 0.15) is 11.8 Å². The highest BCUT2D eigenvalue weighted by Gasteiger charge is 2.39. The van der Waals surface area contributed by atoms with E-state index in [4.69, 9.17) is 0 Å². The molecule has 0 aliphatic carbocycles. The first kappa shape index (κ1) is 32.1. The Morgan fingerprint density at radius 3 is 1.53 bits per heavy atom. The van der Waals surface area contributed by atoms with Crippen LogP contribution in [0.15, 0.2) is 12.2 Å². The first-order valence-electron chi connectivity index (χ1n) is 13.3. The maximum Gasteiger partial charge on any atom is 0.312 e. The van der Waals surface area contributed by atoms with Crippen LogP contribution in [0.2, 0.25) is 0 Å². The molecule has 0 spiro atoms. The summed E-state index contributed by atoms with van der Waals surface area (Å²) in [4.78, 5) is 35.5. The van der Waals surface area contributed by atoms with Gasteiger partial charge in [-0.25, -0.2) is 0 Å². The van der Waals surface area contributed by atoms with Gasteiger partial charge in [0.15, 0.2) is 0 Å². The smallest absolute Gasteiger partial charge is 0.312 e. The van der Waals surface area contributed by atoms with Crippen molar-refractivity contribution in [3.8, 4) is 0 Å². The molecule has 0 aromatic carbocycles. The molecule has 34 heavy (non-hydrogen) atoms. The minimum Gasteiger partial charge on any atom is -0.550 e. The largest absolute Gasteiger partial charge is 0.550 e. The standard InChI is InChI=1S/C27H49NO6/c1-5-9-10-11-12-13-14-15-16-17-18-28(19-22(6-2)25(29)30,20-23(7-3)26(31)32)21-24(8-4)27(33)34/h13-14,22-24H,5-12,15-21H2,1-4H3,(H2-,29,30,31,32,33,34)/b14-13+. The first-order chi connectivity index (χ1) is 16.2. The van der Waals surface area contributed by atoms with Crippen molar-refractivity contribution in [1.82, 2.24) is 0 Å². The average Bonchev–Trinajstić information content (AvgIpc) is 2.79. The highest BCUT2D eigenvalue weighted by atomic mass is 16.4. The SMILES string of the molecule is CCCCCC/C=C/CCCC[N+](CC(CC)C(=O)[O-])(CC(CC)C(=O)O)CC(CC)C(=O)O. The van der Waals surface area contributed by atoms with Gasteiger partial charge in [-0.2, -0.15) is 0 Å². The summed E-state index contributed by atoms with van der Waals surface area (Å²) in [7, 11) is 0. The molecule has 0 saturated heterocycles. The zero-order valence-corrected chi connectivity index (χ0v) is 22.0. The summed E-state index contributed by atoms with van der Waals surface area (Å²) in [6.45, 7) is 8.86. The van der Waals surface area contributed by atoms with Crippen molar-refractivity contribution in [3.05, 3.63) is 12.2 Å². The van der Waals surface area contributed by atoms with Crippen molar-refractivity contribution in [2.75, 3.05) is 26.2 Å². The second kappa shape index (κ2) is 18.4. The lowest BCUT2D eigenvalue weighted by Crippen LogP contribution is -2.59. The van der Waals surface area contributed by atoms with E-state index in [0.29, 0.717) is 25.8 Å². The molecule has 0 aromatic rings. The van der Waals surface area contributed by atoms with E-state index >= 15 is 0 Å². The molecule has 3 unspecified atom stereocenters. The molecule has 0 aromatic heterocycles. The zero-order valence-electron chi connectivity index (χ0n) is 22.0. The third-order valence-corrected chi connectivity index (χ3v) is 6.98. The minimum atomic E-state index is -1.15. The van der Waals surface area contributed by atoms with Crippen LogP contribution in [0.1, 0.15) is 98.3 Å². The molecule has 0 aliphatic heterocycles. The first-order valence-corrected chi connectivity index (χ1v) is 13.3. The van der Waals surface area contributed by atoms with Crippen LogP contribution in [0.25, 0.3) is 0 Å². The molecule has 3 atom stereocenters. The van der Waals surface area contributed by atoms with Crippen LogP contribution in [0.5, 0.6) is 0 Å². The molecule has 0 fully saturated rings. The van der Waals surface area contributed by atoms with E-state index in [1.54, 1.807) is 6.92 Å². The minimum absolute atomic E-state index is 0.197. The van der Waals surface area contributed by atoms with Crippen molar-refractivity contribution in [2.24, 2.45) is 17.8 Å². The van der Waals surface area contributed by atoms with Crippen molar-refractivity contribution in [1.29, 1.82) is 0 Å². The van der Waals surface area contributed by atoms with E-state index in [2.05, 4.69) is 19.1 Å². The Hall–Kier alpha value is -1.89. The fraction of sp³-hybridized carbons (Fsp3) is 0.815. The average molecular weight is 484 g/mol. The van der Waals surface area contributed by atoms with Crippen molar-refractivity contribution >= 4 is 17.9 Å². The number of allylic oxidation sites excluding steroid dienone is 2. The second-order valence-electron chi connectivity index (χ2n) is 9.74. The number of carbonyl (C=O) groups is 3. The van der Waals surface area contributed by atoms with Crippen molar-refractivity contribution in [3.63, 3.8) is 0 Å². The molecular weight excluding hydrogens is 434 g/mol. The van der Waals surface area contributed by atoms with Crippen LogP contribution in [-0.2, 0) is 14.4 Å². The molecule has 0 radical (unpaired) electrons. The van der Waals surface area contributed by atoms with Crippen LogP contribution in [0.3, 0.4) is 0 Å². The van der Waals surface area contributed by atoms with Gasteiger partial charge in [-0.15, -0.1) is 0 Å². The van der Waals surface area contributed by atoms with Gasteiger partial charge in [0.05, 0.1) is 32.1 Å². The van der Waals surface area contributed by atoms with Gasteiger partial charge >= 0.3 is 11.9 Å². The fourth-order valence-electron chi connectivity index (χ4n) is 4.67. The highest BCUT2D eigenvalue weighted by molar-refractivity contribution is 5.70.